The smallest absolute Gasteiger partial charge is 0.234 e. The number of anilines is 2. The van der Waals surface area contributed by atoms with Crippen LogP contribution in [0, 0.1) is 23.1 Å². The number of piperazine rings is 1. The van der Waals surface area contributed by atoms with Gasteiger partial charge in [-0.05, 0) is 36.6 Å². The van der Waals surface area contributed by atoms with E-state index in [1.165, 1.54) is 11.8 Å². The molecule has 0 bridgehead atoms. The molecule has 6 nitrogen and oxygen atoms in total. The van der Waals surface area contributed by atoms with Crippen LogP contribution < -0.4 is 15.1 Å². The third-order valence-electron chi connectivity index (χ3n) is 6.18. The first-order valence-corrected chi connectivity index (χ1v) is 10.9. The summed E-state index contributed by atoms with van der Waals surface area (Å²) in [4.78, 5) is 19.0. The highest BCUT2D eigenvalue weighted by Gasteiger charge is 2.25. The lowest BCUT2D eigenvalue weighted by atomic mass is 10.1. The summed E-state index contributed by atoms with van der Waals surface area (Å²) in [6.45, 7) is 5.82. The van der Waals surface area contributed by atoms with E-state index in [4.69, 9.17) is 0 Å². The normalized spacial score (nSPS) is 19.3. The number of hydrogen-bond donors (Lipinski definition) is 1. The van der Waals surface area contributed by atoms with Crippen molar-refractivity contribution in [2.45, 2.75) is 6.42 Å². The van der Waals surface area contributed by atoms with E-state index in [9.17, 15) is 14.4 Å². The maximum Gasteiger partial charge on any atom is 0.234 e. The number of carbonyl (C=O) groups is 1. The van der Waals surface area contributed by atoms with Gasteiger partial charge in [-0.25, -0.2) is 4.39 Å². The monoisotopic (exact) mass is 421 g/mol. The molecule has 2 saturated heterocycles. The Labute approximate surface area is 182 Å². The molecule has 0 aromatic heterocycles. The molecule has 4 rings (SSSR count). The molecule has 2 aliphatic rings. The summed E-state index contributed by atoms with van der Waals surface area (Å²) in [5.41, 5.74) is 1.97. The zero-order valence-electron chi connectivity index (χ0n) is 17.6. The van der Waals surface area contributed by atoms with Gasteiger partial charge < -0.3 is 15.1 Å². The Kier molecular flexibility index (Phi) is 6.68. The summed E-state index contributed by atoms with van der Waals surface area (Å²) in [5.74, 6) is 0.0352. The third kappa shape index (κ3) is 5.15. The highest BCUT2D eigenvalue weighted by atomic mass is 19.1. The van der Waals surface area contributed by atoms with E-state index in [2.05, 4.69) is 39.4 Å². The molecule has 2 fully saturated rings. The van der Waals surface area contributed by atoms with E-state index < -0.39 is 5.82 Å². The zero-order valence-corrected chi connectivity index (χ0v) is 17.6. The van der Waals surface area contributed by atoms with E-state index in [0.29, 0.717) is 50.9 Å². The second kappa shape index (κ2) is 9.80. The Morgan fingerprint density at radius 1 is 1.03 bits per heavy atom. The van der Waals surface area contributed by atoms with Crippen molar-refractivity contribution in [2.75, 3.05) is 62.2 Å². The number of nitriles is 1. The van der Waals surface area contributed by atoms with Crippen LogP contribution in [0.4, 0.5) is 15.8 Å². The maximum atomic E-state index is 13.9. The van der Waals surface area contributed by atoms with E-state index in [1.807, 2.05) is 17.0 Å². The quantitative estimate of drug-likeness (QED) is 0.777. The molecular formula is C24H28FN5O. The fraction of sp³-hybridized carbons (Fsp3) is 0.417. The van der Waals surface area contributed by atoms with Crippen molar-refractivity contribution in [3.05, 3.63) is 59.9 Å². The molecular weight excluding hydrogens is 393 g/mol. The number of para-hydroxylation sites is 1. The summed E-state index contributed by atoms with van der Waals surface area (Å²) in [6, 6.07) is 17.1. The topological polar surface area (TPSA) is 62.6 Å². The Hall–Kier alpha value is -3.11. The van der Waals surface area contributed by atoms with Gasteiger partial charge in [0, 0.05) is 51.5 Å². The molecule has 2 aliphatic heterocycles. The molecule has 1 atom stereocenters. The molecule has 7 heteroatoms. The molecule has 31 heavy (non-hydrogen) atoms. The van der Waals surface area contributed by atoms with Crippen molar-refractivity contribution >= 4 is 17.3 Å². The molecule has 162 valence electrons. The van der Waals surface area contributed by atoms with Crippen LogP contribution in [0.3, 0.4) is 0 Å². The van der Waals surface area contributed by atoms with E-state index >= 15 is 0 Å². The number of nitrogens with zero attached hydrogens (tertiary/aromatic N) is 4. The maximum absolute atomic E-state index is 13.9. The fourth-order valence-electron chi connectivity index (χ4n) is 4.42. The van der Waals surface area contributed by atoms with Gasteiger partial charge in [0.2, 0.25) is 5.91 Å². The molecule has 1 N–H and O–H groups in total. The van der Waals surface area contributed by atoms with Crippen LogP contribution in [-0.4, -0.2) is 63.2 Å². The third-order valence-corrected chi connectivity index (χ3v) is 6.18. The van der Waals surface area contributed by atoms with Gasteiger partial charge in [-0.3, -0.25) is 9.69 Å². The Morgan fingerprint density at radius 3 is 2.55 bits per heavy atom. The van der Waals surface area contributed by atoms with Crippen LogP contribution >= 0.6 is 0 Å². The summed E-state index contributed by atoms with van der Waals surface area (Å²) in [5, 5.41) is 12.3. The number of rotatable bonds is 6. The minimum absolute atomic E-state index is 0.0510. The summed E-state index contributed by atoms with van der Waals surface area (Å²) in [7, 11) is 0. The Morgan fingerprint density at radius 2 is 1.81 bits per heavy atom. The minimum atomic E-state index is -0.487. The van der Waals surface area contributed by atoms with Crippen molar-refractivity contribution in [1.29, 1.82) is 5.26 Å². The average Bonchev–Trinajstić information content (AvgIpc) is 3.28. The van der Waals surface area contributed by atoms with Crippen LogP contribution in [0.25, 0.3) is 0 Å². The van der Waals surface area contributed by atoms with Gasteiger partial charge in [-0.2, -0.15) is 5.26 Å². The van der Waals surface area contributed by atoms with Gasteiger partial charge in [-0.15, -0.1) is 0 Å². The van der Waals surface area contributed by atoms with Crippen LogP contribution in [-0.2, 0) is 4.79 Å². The molecule has 0 spiro atoms. The first-order chi connectivity index (χ1) is 15.1. The van der Waals surface area contributed by atoms with Gasteiger partial charge in [0.1, 0.15) is 17.4 Å². The lowest BCUT2D eigenvalue weighted by Gasteiger charge is -2.36. The molecule has 1 unspecified atom stereocenters. The number of hydrogen-bond acceptors (Lipinski definition) is 5. The second-order valence-electron chi connectivity index (χ2n) is 8.25. The molecule has 2 aromatic carbocycles. The van der Waals surface area contributed by atoms with E-state index in [-0.39, 0.29) is 11.5 Å². The summed E-state index contributed by atoms with van der Waals surface area (Å²) < 4.78 is 13.9. The fourth-order valence-corrected chi connectivity index (χ4v) is 4.42. The zero-order chi connectivity index (χ0) is 21.6. The van der Waals surface area contributed by atoms with Gasteiger partial charge in [0.25, 0.3) is 0 Å². The largest absolute Gasteiger partial charge is 0.371 e. The van der Waals surface area contributed by atoms with Crippen LogP contribution in [0.2, 0.25) is 0 Å². The van der Waals surface area contributed by atoms with Crippen LogP contribution in [0.5, 0.6) is 0 Å². The summed E-state index contributed by atoms with van der Waals surface area (Å²) in [6.07, 6.45) is 1.09. The number of carbonyl (C=O) groups excluding carboxylic acids is 1. The molecule has 0 saturated carbocycles. The highest BCUT2D eigenvalue weighted by Crippen LogP contribution is 2.24. The first-order valence-electron chi connectivity index (χ1n) is 10.9. The van der Waals surface area contributed by atoms with Crippen molar-refractivity contribution in [1.82, 2.24) is 10.2 Å². The minimum Gasteiger partial charge on any atom is -0.371 e. The lowest BCUT2D eigenvalue weighted by Crippen LogP contribution is -2.50. The highest BCUT2D eigenvalue weighted by molar-refractivity contribution is 5.78. The van der Waals surface area contributed by atoms with Crippen molar-refractivity contribution in [2.24, 2.45) is 5.92 Å². The molecule has 2 aromatic rings. The Bertz CT molecular complexity index is 937. The number of amides is 1. The number of benzene rings is 2. The lowest BCUT2D eigenvalue weighted by molar-refractivity contribution is -0.122. The van der Waals surface area contributed by atoms with Crippen molar-refractivity contribution in [3.63, 3.8) is 0 Å². The van der Waals surface area contributed by atoms with Crippen molar-refractivity contribution < 1.29 is 9.18 Å². The van der Waals surface area contributed by atoms with E-state index in [1.54, 1.807) is 12.1 Å². The Balaban J connectivity index is 1.20. The van der Waals surface area contributed by atoms with Gasteiger partial charge >= 0.3 is 0 Å². The van der Waals surface area contributed by atoms with Crippen LogP contribution in [0.15, 0.2) is 48.5 Å². The molecule has 1 amide bonds. The predicted molar refractivity (Wildman–Crippen MR) is 120 cm³/mol. The molecule has 0 aliphatic carbocycles. The number of halogens is 1. The van der Waals surface area contributed by atoms with Crippen LogP contribution in [0.1, 0.15) is 12.0 Å². The first kappa shape index (κ1) is 21.1. The SMILES string of the molecule is N#Cc1c(F)cccc1N1CCN(CC(=O)NCC2CCN(c3ccccc3)C2)CC1. The van der Waals surface area contributed by atoms with Gasteiger partial charge in [0.15, 0.2) is 0 Å². The second-order valence-corrected chi connectivity index (χ2v) is 8.25. The average molecular weight is 422 g/mol. The standard InChI is InChI=1S/C24H28FN5O/c25-22-7-4-8-23(21(22)15-26)29-13-11-28(12-14-29)18-24(31)27-16-19-9-10-30(17-19)20-5-2-1-3-6-20/h1-8,19H,9-14,16-18H2,(H,27,31). The predicted octanol–water partition coefficient (Wildman–Crippen LogP) is 2.46. The molecule has 2 heterocycles. The van der Waals surface area contributed by atoms with Gasteiger partial charge in [0.05, 0.1) is 12.2 Å². The van der Waals surface area contributed by atoms with Gasteiger partial charge in [-0.1, -0.05) is 24.3 Å². The molecule has 0 radical (unpaired) electrons. The van der Waals surface area contributed by atoms with Crippen molar-refractivity contribution in [3.8, 4) is 6.07 Å². The number of nitrogens with one attached hydrogen (secondary N) is 1. The van der Waals surface area contributed by atoms with E-state index in [0.717, 1.165) is 19.5 Å². The summed E-state index contributed by atoms with van der Waals surface area (Å²) >= 11 is 0.